The summed E-state index contributed by atoms with van der Waals surface area (Å²) < 4.78 is 105. The van der Waals surface area contributed by atoms with Crippen molar-refractivity contribution in [2.24, 2.45) is 5.10 Å². The molecule has 0 saturated carbocycles. The second-order valence-electron chi connectivity index (χ2n) is 7.49. The maximum Gasteiger partial charge on any atom is 0.422 e. The summed E-state index contributed by atoms with van der Waals surface area (Å²) in [6.07, 6.45) is -2.72. The van der Waals surface area contributed by atoms with Crippen molar-refractivity contribution in [2.75, 3.05) is 12.5 Å². The zero-order chi connectivity index (χ0) is 27.3. The molecule has 0 aliphatic rings. The highest BCUT2D eigenvalue weighted by Crippen LogP contribution is 2.38. The average molecular weight is 547 g/mol. The largest absolute Gasteiger partial charge is 0.493 e. The van der Waals surface area contributed by atoms with E-state index in [4.69, 9.17) is 21.1 Å². The quantitative estimate of drug-likeness (QED) is 0.0984. The van der Waals surface area contributed by atoms with Crippen LogP contribution >= 0.6 is 11.6 Å². The lowest BCUT2D eigenvalue weighted by Gasteiger charge is -2.16. The molecule has 0 spiro atoms. The van der Waals surface area contributed by atoms with Crippen LogP contribution in [-0.2, 0) is 19.2 Å². The second-order valence-corrected chi connectivity index (χ2v) is 7.93. The van der Waals surface area contributed by atoms with Crippen LogP contribution < -0.4 is 14.9 Å². The normalized spacial score (nSPS) is 11.6. The van der Waals surface area contributed by atoms with Gasteiger partial charge in [-0.25, -0.2) is 17.6 Å². The van der Waals surface area contributed by atoms with E-state index in [0.29, 0.717) is 28.3 Å². The first-order valence-corrected chi connectivity index (χ1v) is 10.8. The minimum Gasteiger partial charge on any atom is -0.493 e. The fourth-order valence-electron chi connectivity index (χ4n) is 3.27. The zero-order valence-corrected chi connectivity index (χ0v) is 19.8. The van der Waals surface area contributed by atoms with Gasteiger partial charge in [0.2, 0.25) is 0 Å². The number of nitrogens with zero attached hydrogens (tertiary/aromatic N) is 1. The lowest BCUT2D eigenvalue weighted by atomic mass is 10.1. The number of halogens is 8. The fourth-order valence-corrected chi connectivity index (χ4v) is 3.39. The Labute approximate surface area is 212 Å². The Balaban J connectivity index is 1.89. The first-order valence-electron chi connectivity index (χ1n) is 10.4. The number of hydrogen-bond acceptors (Lipinski definition) is 4. The number of rotatable bonds is 9. The third kappa shape index (κ3) is 6.34. The van der Waals surface area contributed by atoms with E-state index in [1.54, 1.807) is 41.8 Å². The van der Waals surface area contributed by atoms with Gasteiger partial charge < -0.3 is 9.47 Å². The van der Waals surface area contributed by atoms with Gasteiger partial charge in [-0.2, -0.15) is 18.3 Å². The molecule has 196 valence electrons. The Hall–Kier alpha value is -3.73. The molecule has 0 fully saturated rings. The highest BCUT2D eigenvalue weighted by molar-refractivity contribution is 6.30. The fraction of sp³-hybridized carbons (Fsp3) is 0.160. The minimum absolute atomic E-state index is 0.177. The summed E-state index contributed by atoms with van der Waals surface area (Å²) in [5.41, 5.74) is -0.773. The van der Waals surface area contributed by atoms with Gasteiger partial charge in [-0.05, 0) is 41.8 Å². The van der Waals surface area contributed by atoms with Gasteiger partial charge in [0.05, 0.1) is 13.3 Å². The second kappa shape index (κ2) is 11.5. The summed E-state index contributed by atoms with van der Waals surface area (Å²) in [7, 11) is 1.37. The van der Waals surface area contributed by atoms with Gasteiger partial charge in [-0.3, -0.25) is 5.43 Å². The van der Waals surface area contributed by atoms with Crippen molar-refractivity contribution < 1.29 is 40.2 Å². The summed E-state index contributed by atoms with van der Waals surface area (Å²) in [6.45, 7) is 3.86. The van der Waals surface area contributed by atoms with E-state index in [0.717, 1.165) is 11.8 Å². The number of anilines is 1. The highest BCUT2D eigenvalue weighted by atomic mass is 35.5. The number of hydrazone groups is 1. The minimum atomic E-state index is -5.65. The molecule has 3 aromatic rings. The van der Waals surface area contributed by atoms with Crippen LogP contribution in [0.25, 0.3) is 0 Å². The van der Waals surface area contributed by atoms with Gasteiger partial charge in [-0.15, -0.1) is 6.58 Å². The number of hydrogen-bond donors (Lipinski definition) is 1. The molecule has 0 unspecified atom stereocenters. The Morgan fingerprint density at radius 2 is 1.62 bits per heavy atom. The van der Waals surface area contributed by atoms with Crippen molar-refractivity contribution in [3.8, 4) is 11.5 Å². The van der Waals surface area contributed by atoms with E-state index >= 15 is 0 Å². The van der Waals surface area contributed by atoms with Crippen LogP contribution in [0.15, 0.2) is 54.2 Å². The molecule has 3 aromatic carbocycles. The van der Waals surface area contributed by atoms with Crippen LogP contribution in [0.1, 0.15) is 22.3 Å². The Bertz CT molecular complexity index is 1300. The predicted octanol–water partition coefficient (Wildman–Crippen LogP) is 7.68. The third-order valence-corrected chi connectivity index (χ3v) is 5.22. The predicted molar refractivity (Wildman–Crippen MR) is 125 cm³/mol. The standard InChI is InChI=1S/C25H18ClF7N2O2/c1-3-4-15-9-14(10-17(36-2)24(15)37-12-13-5-7-16(26)8-6-13)11-34-35-23-21(29)19(27)18(25(31,32)33)20(28)22(23)30/h3,5-11,35H,1,4,12H2,2H3/b34-11+. The molecule has 4 nitrogen and oxygen atoms in total. The Kier molecular flexibility index (Phi) is 8.69. The first-order chi connectivity index (χ1) is 17.5. The van der Waals surface area contributed by atoms with Gasteiger partial charge in [-0.1, -0.05) is 29.8 Å². The zero-order valence-electron chi connectivity index (χ0n) is 19.0. The molecule has 0 aliphatic heterocycles. The lowest BCUT2D eigenvalue weighted by Crippen LogP contribution is -2.16. The van der Waals surface area contributed by atoms with Crippen molar-refractivity contribution in [3.63, 3.8) is 0 Å². The molecule has 0 bridgehead atoms. The van der Waals surface area contributed by atoms with E-state index in [9.17, 15) is 30.7 Å². The number of ether oxygens (including phenoxy) is 2. The van der Waals surface area contributed by atoms with Crippen molar-refractivity contribution in [1.82, 2.24) is 0 Å². The monoisotopic (exact) mass is 546 g/mol. The molecular formula is C25H18ClF7N2O2. The molecular weight excluding hydrogens is 529 g/mol. The number of alkyl halides is 3. The number of allylic oxidation sites excluding steroid dienone is 1. The van der Waals surface area contributed by atoms with Gasteiger partial charge in [0, 0.05) is 10.6 Å². The number of nitrogens with one attached hydrogen (secondary N) is 1. The van der Waals surface area contributed by atoms with E-state index in [2.05, 4.69) is 11.7 Å². The van der Waals surface area contributed by atoms with Gasteiger partial charge in [0.25, 0.3) is 0 Å². The van der Waals surface area contributed by atoms with Crippen molar-refractivity contribution in [2.45, 2.75) is 19.2 Å². The molecule has 0 aromatic heterocycles. The van der Waals surface area contributed by atoms with Crippen LogP contribution in [0.4, 0.5) is 36.4 Å². The lowest BCUT2D eigenvalue weighted by molar-refractivity contribution is -0.143. The molecule has 12 heteroatoms. The average Bonchev–Trinajstić information content (AvgIpc) is 2.84. The maximum atomic E-state index is 14.1. The summed E-state index contributed by atoms with van der Waals surface area (Å²) in [6, 6.07) is 9.99. The van der Waals surface area contributed by atoms with E-state index < -0.39 is 40.7 Å². The molecule has 0 atom stereocenters. The Morgan fingerprint density at radius 3 is 2.16 bits per heavy atom. The van der Waals surface area contributed by atoms with Crippen LogP contribution in [0, 0.1) is 23.3 Å². The van der Waals surface area contributed by atoms with Gasteiger partial charge in [0.15, 0.2) is 34.8 Å². The van der Waals surface area contributed by atoms with Crippen LogP contribution in [0.5, 0.6) is 11.5 Å². The molecule has 1 N–H and O–H groups in total. The molecule has 0 saturated heterocycles. The molecule has 0 heterocycles. The molecule has 0 aliphatic carbocycles. The summed E-state index contributed by atoms with van der Waals surface area (Å²) in [5, 5.41) is 4.07. The summed E-state index contributed by atoms with van der Waals surface area (Å²) in [5.74, 6) is -9.11. The summed E-state index contributed by atoms with van der Waals surface area (Å²) >= 11 is 5.89. The summed E-state index contributed by atoms with van der Waals surface area (Å²) in [4.78, 5) is 0. The molecule has 37 heavy (non-hydrogen) atoms. The van der Waals surface area contributed by atoms with Crippen molar-refractivity contribution in [3.05, 3.63) is 99.6 Å². The molecule has 3 rings (SSSR count). The van der Waals surface area contributed by atoms with Crippen molar-refractivity contribution >= 4 is 23.5 Å². The van der Waals surface area contributed by atoms with Crippen molar-refractivity contribution in [1.29, 1.82) is 0 Å². The third-order valence-electron chi connectivity index (χ3n) is 4.97. The van der Waals surface area contributed by atoms with Crippen LogP contribution in [0.3, 0.4) is 0 Å². The highest BCUT2D eigenvalue weighted by Gasteiger charge is 2.42. The SMILES string of the molecule is C=CCc1cc(/C=N/Nc2c(F)c(F)c(C(F)(F)F)c(F)c2F)cc(OC)c1OCc1ccc(Cl)cc1. The topological polar surface area (TPSA) is 42.9 Å². The number of benzene rings is 3. The first kappa shape index (κ1) is 27.9. The van der Waals surface area contributed by atoms with Gasteiger partial charge >= 0.3 is 6.18 Å². The molecule has 0 amide bonds. The smallest absolute Gasteiger partial charge is 0.422 e. The van der Waals surface area contributed by atoms with Crippen LogP contribution in [-0.4, -0.2) is 13.3 Å². The number of methoxy groups -OCH3 is 1. The van der Waals surface area contributed by atoms with E-state index in [-0.39, 0.29) is 12.4 Å². The Morgan fingerprint density at radius 1 is 1.00 bits per heavy atom. The van der Waals surface area contributed by atoms with E-state index in [1.165, 1.54) is 13.2 Å². The van der Waals surface area contributed by atoms with Gasteiger partial charge in [0.1, 0.15) is 17.9 Å². The molecule has 0 radical (unpaired) electrons. The van der Waals surface area contributed by atoms with Crippen LogP contribution in [0.2, 0.25) is 5.02 Å². The maximum absolute atomic E-state index is 14.1. The van der Waals surface area contributed by atoms with E-state index in [1.807, 2.05) is 0 Å².